The third-order valence-electron chi connectivity index (χ3n) is 3.30. The fraction of sp³-hybridized carbons (Fsp3) is 0.500. The number of nitrogens with one attached hydrogen (secondary N) is 1. The van der Waals surface area contributed by atoms with Crippen LogP contribution in [0.15, 0.2) is 18.3 Å². The van der Waals surface area contributed by atoms with Crippen molar-refractivity contribution < 1.29 is 19.4 Å². The van der Waals surface area contributed by atoms with E-state index in [1.54, 1.807) is 0 Å². The average Bonchev–Trinajstić information content (AvgIpc) is 2.46. The smallest absolute Gasteiger partial charge is 0.354 e. The van der Waals surface area contributed by atoms with Crippen LogP contribution in [0.4, 0.5) is 0 Å². The third-order valence-corrected chi connectivity index (χ3v) is 3.30. The minimum atomic E-state index is -1.09. The first kappa shape index (κ1) is 14.3. The summed E-state index contributed by atoms with van der Waals surface area (Å²) in [6, 6.07) is 3.09. The van der Waals surface area contributed by atoms with Crippen molar-refractivity contribution in [2.75, 3.05) is 6.61 Å². The predicted octanol–water partition coefficient (Wildman–Crippen LogP) is 1.61. The molecule has 0 aromatic carbocycles. The first-order chi connectivity index (χ1) is 9.65. The number of aromatic carboxylic acids is 1. The highest BCUT2D eigenvalue weighted by Crippen LogP contribution is 2.17. The van der Waals surface area contributed by atoms with E-state index in [0.29, 0.717) is 5.75 Å². The molecule has 6 nitrogen and oxygen atoms in total. The van der Waals surface area contributed by atoms with Crippen molar-refractivity contribution in [2.24, 2.45) is 0 Å². The zero-order valence-electron chi connectivity index (χ0n) is 11.2. The molecule has 1 aliphatic rings. The van der Waals surface area contributed by atoms with Gasteiger partial charge in [0, 0.05) is 6.04 Å². The Bertz CT molecular complexity index is 467. The average molecular weight is 278 g/mol. The fourth-order valence-electron chi connectivity index (χ4n) is 2.26. The second-order valence-electron chi connectivity index (χ2n) is 4.88. The van der Waals surface area contributed by atoms with Crippen molar-refractivity contribution in [1.29, 1.82) is 0 Å². The maximum Gasteiger partial charge on any atom is 0.354 e. The van der Waals surface area contributed by atoms with Crippen LogP contribution in [0.1, 0.15) is 42.6 Å². The van der Waals surface area contributed by atoms with E-state index in [0.717, 1.165) is 25.7 Å². The van der Waals surface area contributed by atoms with E-state index in [2.05, 4.69) is 10.3 Å². The molecule has 1 aromatic rings. The summed E-state index contributed by atoms with van der Waals surface area (Å²) in [5, 5.41) is 11.6. The van der Waals surface area contributed by atoms with Crippen molar-refractivity contribution in [3.63, 3.8) is 0 Å². The van der Waals surface area contributed by atoms with Crippen LogP contribution in [0.25, 0.3) is 0 Å². The molecule has 0 atom stereocenters. The fourth-order valence-corrected chi connectivity index (χ4v) is 2.26. The maximum atomic E-state index is 11.7. The molecule has 0 radical (unpaired) electrons. The molecule has 2 N–H and O–H groups in total. The number of hydrogen-bond acceptors (Lipinski definition) is 4. The summed E-state index contributed by atoms with van der Waals surface area (Å²) in [5.41, 5.74) is -0.0518. The van der Waals surface area contributed by atoms with Gasteiger partial charge >= 0.3 is 5.97 Å². The van der Waals surface area contributed by atoms with Crippen molar-refractivity contribution in [1.82, 2.24) is 10.3 Å². The van der Waals surface area contributed by atoms with Gasteiger partial charge in [0.2, 0.25) is 0 Å². The van der Waals surface area contributed by atoms with Crippen LogP contribution in [0, 0.1) is 0 Å². The highest BCUT2D eigenvalue weighted by molar-refractivity contribution is 5.85. The van der Waals surface area contributed by atoms with Gasteiger partial charge in [0.05, 0.1) is 6.20 Å². The molecular formula is C14H18N2O4. The van der Waals surface area contributed by atoms with Crippen LogP contribution in [0.2, 0.25) is 0 Å². The van der Waals surface area contributed by atoms with Gasteiger partial charge in [-0.15, -0.1) is 0 Å². The second-order valence-corrected chi connectivity index (χ2v) is 4.88. The van der Waals surface area contributed by atoms with Gasteiger partial charge in [-0.1, -0.05) is 19.3 Å². The number of amides is 1. The van der Waals surface area contributed by atoms with E-state index in [1.165, 1.54) is 24.8 Å². The number of pyridine rings is 1. The Labute approximate surface area is 117 Å². The van der Waals surface area contributed by atoms with E-state index in [4.69, 9.17) is 9.84 Å². The maximum absolute atomic E-state index is 11.7. The summed E-state index contributed by atoms with van der Waals surface area (Å²) in [4.78, 5) is 26.1. The number of hydrogen-bond donors (Lipinski definition) is 2. The molecule has 0 aliphatic heterocycles. The molecule has 1 aromatic heterocycles. The number of aromatic nitrogens is 1. The zero-order valence-corrected chi connectivity index (χ0v) is 11.2. The Balaban J connectivity index is 1.76. The lowest BCUT2D eigenvalue weighted by Gasteiger charge is -2.22. The van der Waals surface area contributed by atoms with Gasteiger partial charge in [0.15, 0.2) is 6.61 Å². The first-order valence-electron chi connectivity index (χ1n) is 6.76. The SMILES string of the molecule is O=C(COc1ccc(C(=O)O)nc1)NC1CCCCC1. The first-order valence-corrected chi connectivity index (χ1v) is 6.76. The summed E-state index contributed by atoms with van der Waals surface area (Å²) < 4.78 is 5.28. The number of ether oxygens (including phenoxy) is 1. The quantitative estimate of drug-likeness (QED) is 0.854. The van der Waals surface area contributed by atoms with Gasteiger partial charge < -0.3 is 15.2 Å². The Morgan fingerprint density at radius 1 is 1.30 bits per heavy atom. The van der Waals surface area contributed by atoms with E-state index >= 15 is 0 Å². The van der Waals surface area contributed by atoms with Crippen molar-refractivity contribution in [3.05, 3.63) is 24.0 Å². The molecule has 1 heterocycles. The minimum absolute atomic E-state index is 0.0518. The Morgan fingerprint density at radius 3 is 2.65 bits per heavy atom. The number of carbonyl (C=O) groups excluding carboxylic acids is 1. The molecule has 0 unspecified atom stereocenters. The van der Waals surface area contributed by atoms with Gasteiger partial charge in [-0.3, -0.25) is 4.79 Å². The van der Waals surface area contributed by atoms with E-state index < -0.39 is 5.97 Å². The van der Waals surface area contributed by atoms with Gasteiger partial charge in [-0.2, -0.15) is 0 Å². The molecule has 1 fully saturated rings. The van der Waals surface area contributed by atoms with Crippen molar-refractivity contribution >= 4 is 11.9 Å². The molecule has 0 saturated heterocycles. The molecule has 20 heavy (non-hydrogen) atoms. The summed E-state index contributed by atoms with van der Waals surface area (Å²) >= 11 is 0. The van der Waals surface area contributed by atoms with Gasteiger partial charge in [-0.05, 0) is 25.0 Å². The molecule has 0 spiro atoms. The zero-order chi connectivity index (χ0) is 14.4. The number of carbonyl (C=O) groups is 2. The van der Waals surface area contributed by atoms with Crippen LogP contribution in [0.5, 0.6) is 5.75 Å². The molecule has 6 heteroatoms. The molecule has 108 valence electrons. The number of rotatable bonds is 5. The van der Waals surface area contributed by atoms with E-state index in [9.17, 15) is 9.59 Å². The largest absolute Gasteiger partial charge is 0.482 e. The number of carboxylic acid groups (broad SMARTS) is 1. The normalized spacial score (nSPS) is 15.6. The summed E-state index contributed by atoms with van der Waals surface area (Å²) in [5.74, 6) is -0.861. The second kappa shape index (κ2) is 6.88. The molecule has 1 saturated carbocycles. The lowest BCUT2D eigenvalue weighted by Crippen LogP contribution is -2.38. The number of carboxylic acids is 1. The van der Waals surface area contributed by atoms with E-state index in [-0.39, 0.29) is 24.2 Å². The Hall–Kier alpha value is -2.11. The Kier molecular flexibility index (Phi) is 4.92. The lowest BCUT2D eigenvalue weighted by atomic mass is 9.95. The summed E-state index contributed by atoms with van der Waals surface area (Å²) in [6.07, 6.45) is 6.92. The molecule has 2 rings (SSSR count). The van der Waals surface area contributed by atoms with Crippen LogP contribution < -0.4 is 10.1 Å². The van der Waals surface area contributed by atoms with E-state index in [1.807, 2.05) is 0 Å². The van der Waals surface area contributed by atoms with Gasteiger partial charge in [0.25, 0.3) is 5.91 Å². The van der Waals surface area contributed by atoms with Gasteiger partial charge in [-0.25, -0.2) is 9.78 Å². The topological polar surface area (TPSA) is 88.5 Å². The van der Waals surface area contributed by atoms with Gasteiger partial charge in [0.1, 0.15) is 11.4 Å². The van der Waals surface area contributed by atoms with Crippen molar-refractivity contribution in [3.8, 4) is 5.75 Å². The molecule has 1 aliphatic carbocycles. The van der Waals surface area contributed by atoms with Crippen LogP contribution >= 0.6 is 0 Å². The summed E-state index contributed by atoms with van der Waals surface area (Å²) in [6.45, 7) is -0.0788. The van der Waals surface area contributed by atoms with Crippen molar-refractivity contribution in [2.45, 2.75) is 38.1 Å². The van der Waals surface area contributed by atoms with Crippen LogP contribution in [-0.2, 0) is 4.79 Å². The highest BCUT2D eigenvalue weighted by Gasteiger charge is 2.15. The molecule has 1 amide bonds. The molecular weight excluding hydrogens is 260 g/mol. The molecule has 0 bridgehead atoms. The predicted molar refractivity (Wildman–Crippen MR) is 71.7 cm³/mol. The number of nitrogens with zero attached hydrogens (tertiary/aromatic N) is 1. The minimum Gasteiger partial charge on any atom is -0.482 e. The van der Waals surface area contributed by atoms with Crippen LogP contribution in [-0.4, -0.2) is 34.6 Å². The monoisotopic (exact) mass is 278 g/mol. The Morgan fingerprint density at radius 2 is 2.05 bits per heavy atom. The standard InChI is InChI=1S/C14H18N2O4/c17-13(16-10-4-2-1-3-5-10)9-20-11-6-7-12(14(18)19)15-8-11/h6-8,10H,1-5,9H2,(H,16,17)(H,18,19). The summed E-state index contributed by atoms with van der Waals surface area (Å²) in [7, 11) is 0. The lowest BCUT2D eigenvalue weighted by molar-refractivity contribution is -0.124. The highest BCUT2D eigenvalue weighted by atomic mass is 16.5. The third kappa shape index (κ3) is 4.22. The van der Waals surface area contributed by atoms with Crippen LogP contribution in [0.3, 0.4) is 0 Å².